The lowest BCUT2D eigenvalue weighted by Gasteiger charge is -2.08. The number of rotatable bonds is 20. The van der Waals surface area contributed by atoms with Crippen LogP contribution >= 0.6 is 0 Å². The maximum Gasteiger partial charge on any atom is -0.0239 e. The number of hydrogen-bond donors (Lipinski definition) is 0. The Bertz CT molecular complexity index is 230. The van der Waals surface area contributed by atoms with E-state index >= 15 is 0 Å². The lowest BCUT2D eigenvalue weighted by atomic mass is 9.98. The van der Waals surface area contributed by atoms with E-state index in [9.17, 15) is 0 Å². The van der Waals surface area contributed by atoms with Crippen LogP contribution in [0.15, 0.2) is 12.7 Å². The molecule has 0 aliphatic heterocycles. The van der Waals surface area contributed by atoms with Crippen LogP contribution in [0.25, 0.3) is 0 Å². The zero-order valence-electron chi connectivity index (χ0n) is 17.3. The van der Waals surface area contributed by atoms with E-state index < -0.39 is 0 Å². The molecule has 24 heavy (non-hydrogen) atoms. The van der Waals surface area contributed by atoms with Crippen molar-refractivity contribution in [3.63, 3.8) is 0 Å². The number of allylic oxidation sites excluding steroid dienone is 1. The lowest BCUT2D eigenvalue weighted by Crippen LogP contribution is -1.93. The molecular formula is C24H48. The van der Waals surface area contributed by atoms with Gasteiger partial charge in [0.1, 0.15) is 0 Å². The summed E-state index contributed by atoms with van der Waals surface area (Å²) in [5, 5.41) is 0. The van der Waals surface area contributed by atoms with Gasteiger partial charge < -0.3 is 0 Å². The predicted molar refractivity (Wildman–Crippen MR) is 113 cm³/mol. The standard InChI is InChI=1S/C24H48/c1-4-7-8-9-10-11-12-13-14-15-16-17-18-19-20-21-22-23-24(5-2)6-3/h5,24H,2,4,6-23H2,1,3H3. The molecule has 0 aromatic heterocycles. The van der Waals surface area contributed by atoms with Gasteiger partial charge in [0.15, 0.2) is 0 Å². The molecule has 0 N–H and O–H groups in total. The first-order valence-electron chi connectivity index (χ1n) is 11.5. The highest BCUT2D eigenvalue weighted by Gasteiger charge is 2.00. The largest absolute Gasteiger partial charge is 0.103 e. The summed E-state index contributed by atoms with van der Waals surface area (Å²) >= 11 is 0. The summed E-state index contributed by atoms with van der Waals surface area (Å²) in [7, 11) is 0. The minimum absolute atomic E-state index is 0.765. The van der Waals surface area contributed by atoms with Gasteiger partial charge in [-0.3, -0.25) is 0 Å². The van der Waals surface area contributed by atoms with Crippen molar-refractivity contribution in [1.29, 1.82) is 0 Å². The van der Waals surface area contributed by atoms with Crippen LogP contribution in [0.1, 0.15) is 136 Å². The molecule has 0 aliphatic carbocycles. The molecule has 0 bridgehead atoms. The van der Waals surface area contributed by atoms with Gasteiger partial charge in [-0.2, -0.15) is 0 Å². The van der Waals surface area contributed by atoms with Crippen molar-refractivity contribution in [2.24, 2.45) is 5.92 Å². The van der Waals surface area contributed by atoms with E-state index in [-0.39, 0.29) is 0 Å². The average molecular weight is 337 g/mol. The van der Waals surface area contributed by atoms with Crippen LogP contribution in [0, 0.1) is 5.92 Å². The molecule has 0 radical (unpaired) electrons. The van der Waals surface area contributed by atoms with Gasteiger partial charge in [-0.25, -0.2) is 0 Å². The van der Waals surface area contributed by atoms with Crippen molar-refractivity contribution in [1.82, 2.24) is 0 Å². The van der Waals surface area contributed by atoms with Gasteiger partial charge in [0.05, 0.1) is 0 Å². The predicted octanol–water partition coefficient (Wildman–Crippen LogP) is 9.24. The summed E-state index contributed by atoms with van der Waals surface area (Å²) in [5.41, 5.74) is 0. The zero-order chi connectivity index (χ0) is 17.7. The van der Waals surface area contributed by atoms with Crippen molar-refractivity contribution >= 4 is 0 Å². The molecule has 0 aliphatic rings. The van der Waals surface area contributed by atoms with Crippen molar-refractivity contribution < 1.29 is 0 Å². The molecule has 0 rings (SSSR count). The van der Waals surface area contributed by atoms with Gasteiger partial charge in [0, 0.05) is 0 Å². The summed E-state index contributed by atoms with van der Waals surface area (Å²) in [5.74, 6) is 0.765. The third-order valence-electron chi connectivity index (χ3n) is 5.54. The molecule has 0 saturated carbocycles. The SMILES string of the molecule is C=CC(CC)CCCCCCCCCCCCCCCCCCC. The Kier molecular flexibility index (Phi) is 20.6. The first-order chi connectivity index (χ1) is 11.8. The van der Waals surface area contributed by atoms with Gasteiger partial charge in [0.25, 0.3) is 0 Å². The number of hydrogen-bond acceptors (Lipinski definition) is 0. The topological polar surface area (TPSA) is 0 Å². The molecule has 144 valence electrons. The molecule has 1 unspecified atom stereocenters. The van der Waals surface area contributed by atoms with E-state index in [0.29, 0.717) is 0 Å². The molecule has 0 aromatic rings. The second kappa shape index (κ2) is 20.8. The first-order valence-corrected chi connectivity index (χ1v) is 11.5. The van der Waals surface area contributed by atoms with Crippen molar-refractivity contribution in [2.45, 2.75) is 136 Å². The molecule has 0 fully saturated rings. The van der Waals surface area contributed by atoms with Crippen molar-refractivity contribution in [2.75, 3.05) is 0 Å². The molecule has 0 aromatic carbocycles. The Balaban J connectivity index is 3.04. The van der Waals surface area contributed by atoms with Gasteiger partial charge >= 0.3 is 0 Å². The Morgan fingerprint density at radius 1 is 0.542 bits per heavy atom. The van der Waals surface area contributed by atoms with E-state index in [2.05, 4.69) is 26.5 Å². The quantitative estimate of drug-likeness (QED) is 0.153. The second-order valence-corrected chi connectivity index (χ2v) is 7.85. The van der Waals surface area contributed by atoms with Crippen LogP contribution in [0.5, 0.6) is 0 Å². The molecule has 0 saturated heterocycles. The molecule has 0 heterocycles. The van der Waals surface area contributed by atoms with E-state index in [1.165, 1.54) is 122 Å². The van der Waals surface area contributed by atoms with Crippen LogP contribution in [-0.4, -0.2) is 0 Å². The Labute approximate surface area is 154 Å². The summed E-state index contributed by atoms with van der Waals surface area (Å²) in [6.07, 6.45) is 29.6. The van der Waals surface area contributed by atoms with Gasteiger partial charge in [-0.15, -0.1) is 6.58 Å². The van der Waals surface area contributed by atoms with Crippen LogP contribution in [-0.2, 0) is 0 Å². The number of unbranched alkanes of at least 4 members (excludes halogenated alkanes) is 16. The van der Waals surface area contributed by atoms with E-state index in [1.807, 2.05) is 0 Å². The normalized spacial score (nSPS) is 12.4. The fourth-order valence-electron chi connectivity index (χ4n) is 3.62. The zero-order valence-corrected chi connectivity index (χ0v) is 17.3. The molecule has 0 nitrogen and oxygen atoms in total. The summed E-state index contributed by atoms with van der Waals surface area (Å²) < 4.78 is 0. The van der Waals surface area contributed by atoms with Crippen LogP contribution < -0.4 is 0 Å². The second-order valence-electron chi connectivity index (χ2n) is 7.85. The van der Waals surface area contributed by atoms with Crippen LogP contribution in [0.4, 0.5) is 0 Å². The van der Waals surface area contributed by atoms with Gasteiger partial charge in [0.2, 0.25) is 0 Å². The van der Waals surface area contributed by atoms with Crippen molar-refractivity contribution in [3.05, 3.63) is 12.7 Å². The van der Waals surface area contributed by atoms with E-state index in [1.54, 1.807) is 0 Å². The monoisotopic (exact) mass is 336 g/mol. The smallest absolute Gasteiger partial charge is 0.0239 e. The van der Waals surface area contributed by atoms with Crippen LogP contribution in [0.2, 0.25) is 0 Å². The highest BCUT2D eigenvalue weighted by Crippen LogP contribution is 2.17. The third-order valence-corrected chi connectivity index (χ3v) is 5.54. The first kappa shape index (κ1) is 23.7. The molecular weight excluding hydrogens is 288 g/mol. The fourth-order valence-corrected chi connectivity index (χ4v) is 3.62. The lowest BCUT2D eigenvalue weighted by molar-refractivity contribution is 0.499. The average Bonchev–Trinajstić information content (AvgIpc) is 2.61. The van der Waals surface area contributed by atoms with Crippen LogP contribution in [0.3, 0.4) is 0 Å². The van der Waals surface area contributed by atoms with E-state index in [4.69, 9.17) is 0 Å². The van der Waals surface area contributed by atoms with Gasteiger partial charge in [-0.05, 0) is 18.8 Å². The third kappa shape index (κ3) is 18.1. The fraction of sp³-hybridized carbons (Fsp3) is 0.917. The Hall–Kier alpha value is -0.260. The minimum atomic E-state index is 0.765. The highest BCUT2D eigenvalue weighted by atomic mass is 14.1. The van der Waals surface area contributed by atoms with Gasteiger partial charge in [-0.1, -0.05) is 129 Å². The summed E-state index contributed by atoms with van der Waals surface area (Å²) in [4.78, 5) is 0. The Morgan fingerprint density at radius 3 is 1.17 bits per heavy atom. The molecule has 0 spiro atoms. The molecule has 0 heteroatoms. The van der Waals surface area contributed by atoms with Crippen molar-refractivity contribution in [3.8, 4) is 0 Å². The van der Waals surface area contributed by atoms with E-state index in [0.717, 1.165) is 5.92 Å². The molecule has 1 atom stereocenters. The minimum Gasteiger partial charge on any atom is -0.103 e. The maximum atomic E-state index is 3.93. The maximum absolute atomic E-state index is 3.93. The summed E-state index contributed by atoms with van der Waals surface area (Å²) in [6, 6.07) is 0. The molecule has 0 amide bonds. The Morgan fingerprint density at radius 2 is 0.875 bits per heavy atom. The summed E-state index contributed by atoms with van der Waals surface area (Å²) in [6.45, 7) is 8.50. The highest BCUT2D eigenvalue weighted by molar-refractivity contribution is 4.77.